The molecule has 2 aliphatic heterocycles. The SMILES string of the molecule is CC(C)[C@@H](N)C(=O)NC1CC2CCC1O2.Cl. The van der Waals surface area contributed by atoms with Crippen LogP contribution in [0.1, 0.15) is 33.1 Å². The second-order valence-electron chi connectivity index (χ2n) is 4.99. The van der Waals surface area contributed by atoms with Gasteiger partial charge < -0.3 is 15.8 Å². The zero-order valence-electron chi connectivity index (χ0n) is 9.81. The Morgan fingerprint density at radius 1 is 1.44 bits per heavy atom. The molecule has 0 aromatic carbocycles. The maximum atomic E-state index is 11.7. The Morgan fingerprint density at radius 3 is 2.56 bits per heavy atom. The van der Waals surface area contributed by atoms with Crippen LogP contribution >= 0.6 is 12.4 Å². The van der Waals surface area contributed by atoms with Crippen LogP contribution in [0.4, 0.5) is 0 Å². The Labute approximate surface area is 103 Å². The van der Waals surface area contributed by atoms with Crippen LogP contribution in [0, 0.1) is 5.92 Å². The zero-order valence-corrected chi connectivity index (χ0v) is 10.6. The van der Waals surface area contributed by atoms with E-state index in [-0.39, 0.29) is 36.4 Å². The maximum absolute atomic E-state index is 11.7. The summed E-state index contributed by atoms with van der Waals surface area (Å²) in [7, 11) is 0. The van der Waals surface area contributed by atoms with Crippen LogP contribution in [0.25, 0.3) is 0 Å². The van der Waals surface area contributed by atoms with Crippen LogP contribution in [0.5, 0.6) is 0 Å². The van der Waals surface area contributed by atoms with Crippen LogP contribution in [0.3, 0.4) is 0 Å². The molecule has 0 spiro atoms. The summed E-state index contributed by atoms with van der Waals surface area (Å²) in [5.74, 6) is 0.149. The molecule has 2 rings (SSSR count). The number of halogens is 1. The van der Waals surface area contributed by atoms with Crippen molar-refractivity contribution in [2.24, 2.45) is 11.7 Å². The van der Waals surface area contributed by atoms with E-state index >= 15 is 0 Å². The van der Waals surface area contributed by atoms with Gasteiger partial charge in [-0.05, 0) is 25.2 Å². The normalized spacial score (nSPS) is 33.6. The van der Waals surface area contributed by atoms with Crippen LogP contribution < -0.4 is 11.1 Å². The molecule has 2 bridgehead atoms. The van der Waals surface area contributed by atoms with Crippen molar-refractivity contribution < 1.29 is 9.53 Å². The van der Waals surface area contributed by atoms with Crippen LogP contribution in [-0.2, 0) is 9.53 Å². The Kier molecular flexibility index (Phi) is 4.59. The Bertz CT molecular complexity index is 260. The minimum Gasteiger partial charge on any atom is -0.373 e. The van der Waals surface area contributed by atoms with Gasteiger partial charge in [0.1, 0.15) is 0 Å². The largest absolute Gasteiger partial charge is 0.373 e. The van der Waals surface area contributed by atoms with Gasteiger partial charge in [0.15, 0.2) is 0 Å². The van der Waals surface area contributed by atoms with Crippen molar-refractivity contribution in [1.82, 2.24) is 5.32 Å². The zero-order chi connectivity index (χ0) is 11.0. The van der Waals surface area contributed by atoms with Gasteiger partial charge in [-0.25, -0.2) is 0 Å². The summed E-state index contributed by atoms with van der Waals surface area (Å²) in [6.45, 7) is 3.92. The van der Waals surface area contributed by atoms with Crippen molar-refractivity contribution >= 4 is 18.3 Å². The van der Waals surface area contributed by atoms with E-state index in [1.54, 1.807) is 0 Å². The van der Waals surface area contributed by atoms with Gasteiger partial charge in [0.2, 0.25) is 5.91 Å². The van der Waals surface area contributed by atoms with Gasteiger partial charge in [-0.3, -0.25) is 4.79 Å². The third-order valence-corrected chi connectivity index (χ3v) is 3.45. The van der Waals surface area contributed by atoms with Crippen molar-refractivity contribution in [2.45, 2.75) is 57.4 Å². The third-order valence-electron chi connectivity index (χ3n) is 3.45. The lowest BCUT2D eigenvalue weighted by atomic mass is 9.94. The number of fused-ring (bicyclic) bond motifs is 2. The molecule has 2 heterocycles. The quantitative estimate of drug-likeness (QED) is 0.778. The molecular formula is C11H21ClN2O2. The summed E-state index contributed by atoms with van der Waals surface area (Å²) in [6.07, 6.45) is 3.79. The molecule has 16 heavy (non-hydrogen) atoms. The molecule has 0 aromatic rings. The molecular weight excluding hydrogens is 228 g/mol. The minimum atomic E-state index is -0.399. The van der Waals surface area contributed by atoms with Crippen molar-refractivity contribution in [2.75, 3.05) is 0 Å². The molecule has 3 N–H and O–H groups in total. The highest BCUT2D eigenvalue weighted by molar-refractivity contribution is 5.85. The van der Waals surface area contributed by atoms with E-state index in [1.807, 2.05) is 13.8 Å². The number of rotatable bonds is 3. The first-order valence-corrected chi connectivity index (χ1v) is 5.79. The molecule has 2 saturated heterocycles. The summed E-state index contributed by atoms with van der Waals surface area (Å²) in [4.78, 5) is 11.7. The fourth-order valence-electron chi connectivity index (χ4n) is 2.37. The number of nitrogens with one attached hydrogen (secondary N) is 1. The molecule has 4 atom stereocenters. The van der Waals surface area contributed by atoms with Crippen molar-refractivity contribution in [1.29, 1.82) is 0 Å². The number of carbonyl (C=O) groups excluding carboxylic acids is 1. The van der Waals surface area contributed by atoms with Crippen molar-refractivity contribution in [3.63, 3.8) is 0 Å². The average molecular weight is 249 g/mol. The number of ether oxygens (including phenoxy) is 1. The standard InChI is InChI=1S/C11H20N2O2.ClH/c1-6(2)10(12)11(14)13-8-5-7-3-4-9(8)15-7;/h6-10H,3-5,12H2,1-2H3,(H,13,14);1H/t7?,8?,9?,10-;/m1./s1. The van der Waals surface area contributed by atoms with Crippen LogP contribution in [0.15, 0.2) is 0 Å². The third kappa shape index (κ3) is 2.67. The second kappa shape index (κ2) is 5.34. The molecule has 1 amide bonds. The molecule has 3 unspecified atom stereocenters. The fourth-order valence-corrected chi connectivity index (χ4v) is 2.37. The van der Waals surface area contributed by atoms with Gasteiger partial charge >= 0.3 is 0 Å². The van der Waals surface area contributed by atoms with E-state index < -0.39 is 6.04 Å². The van der Waals surface area contributed by atoms with E-state index in [0.717, 1.165) is 19.3 Å². The fraction of sp³-hybridized carbons (Fsp3) is 0.909. The predicted octanol–water partition coefficient (Wildman–Crippen LogP) is 0.828. The maximum Gasteiger partial charge on any atom is 0.237 e. The smallest absolute Gasteiger partial charge is 0.237 e. The number of hydrogen-bond acceptors (Lipinski definition) is 3. The molecule has 2 fully saturated rings. The van der Waals surface area contributed by atoms with Crippen molar-refractivity contribution in [3.05, 3.63) is 0 Å². The monoisotopic (exact) mass is 248 g/mol. The molecule has 94 valence electrons. The second-order valence-corrected chi connectivity index (χ2v) is 4.99. The van der Waals surface area contributed by atoms with E-state index in [4.69, 9.17) is 10.5 Å². The van der Waals surface area contributed by atoms with E-state index in [1.165, 1.54) is 0 Å². The Balaban J connectivity index is 0.00000128. The minimum absolute atomic E-state index is 0. The lowest BCUT2D eigenvalue weighted by Gasteiger charge is -2.23. The highest BCUT2D eigenvalue weighted by atomic mass is 35.5. The van der Waals surface area contributed by atoms with Crippen LogP contribution in [-0.4, -0.2) is 30.2 Å². The lowest BCUT2D eigenvalue weighted by molar-refractivity contribution is -0.124. The number of amides is 1. The molecule has 4 nitrogen and oxygen atoms in total. The van der Waals surface area contributed by atoms with Gasteiger partial charge in [0, 0.05) is 0 Å². The summed E-state index contributed by atoms with van der Waals surface area (Å²) in [5.41, 5.74) is 5.78. The predicted molar refractivity (Wildman–Crippen MR) is 64.5 cm³/mol. The molecule has 5 heteroatoms. The lowest BCUT2D eigenvalue weighted by Crippen LogP contribution is -2.50. The number of hydrogen-bond donors (Lipinski definition) is 2. The first-order chi connectivity index (χ1) is 7.08. The summed E-state index contributed by atoms with van der Waals surface area (Å²) < 4.78 is 5.67. The van der Waals surface area contributed by atoms with E-state index in [9.17, 15) is 4.79 Å². The van der Waals surface area contributed by atoms with E-state index in [2.05, 4.69) is 5.32 Å². The average Bonchev–Trinajstić information content (AvgIpc) is 2.77. The van der Waals surface area contributed by atoms with Gasteiger partial charge in [0.25, 0.3) is 0 Å². The first kappa shape index (κ1) is 13.7. The van der Waals surface area contributed by atoms with Gasteiger partial charge in [0.05, 0.1) is 24.3 Å². The molecule has 0 aliphatic carbocycles. The molecule has 0 saturated carbocycles. The molecule has 0 aromatic heterocycles. The summed E-state index contributed by atoms with van der Waals surface area (Å²) in [6, 6.07) is -0.204. The highest BCUT2D eigenvalue weighted by Crippen LogP contribution is 2.34. The summed E-state index contributed by atoms with van der Waals surface area (Å²) in [5, 5.41) is 3.00. The Hall–Kier alpha value is -0.320. The van der Waals surface area contributed by atoms with E-state index in [0.29, 0.717) is 6.10 Å². The van der Waals surface area contributed by atoms with Crippen molar-refractivity contribution in [3.8, 4) is 0 Å². The van der Waals surface area contributed by atoms with Gasteiger partial charge in [-0.15, -0.1) is 12.4 Å². The first-order valence-electron chi connectivity index (χ1n) is 5.79. The number of nitrogens with two attached hydrogens (primary N) is 1. The summed E-state index contributed by atoms with van der Waals surface area (Å²) >= 11 is 0. The van der Waals surface area contributed by atoms with Gasteiger partial charge in [-0.1, -0.05) is 13.8 Å². The topological polar surface area (TPSA) is 64.4 Å². The highest BCUT2D eigenvalue weighted by Gasteiger charge is 2.41. The molecule has 0 radical (unpaired) electrons. The molecule has 2 aliphatic rings. The number of carbonyl (C=O) groups is 1. The van der Waals surface area contributed by atoms with Gasteiger partial charge in [-0.2, -0.15) is 0 Å². The Morgan fingerprint density at radius 2 is 2.12 bits per heavy atom. The van der Waals surface area contributed by atoms with Crippen LogP contribution in [0.2, 0.25) is 0 Å².